The quantitative estimate of drug-likeness (QED) is 0.870. The molecule has 2 aromatic rings. The number of piperidine rings is 1. The van der Waals surface area contributed by atoms with E-state index in [1.807, 2.05) is 26.8 Å². The van der Waals surface area contributed by atoms with E-state index in [4.69, 9.17) is 0 Å². The van der Waals surface area contributed by atoms with Crippen LogP contribution >= 0.6 is 0 Å². The lowest BCUT2D eigenvalue weighted by molar-refractivity contribution is -0.123. The van der Waals surface area contributed by atoms with Gasteiger partial charge in [-0.25, -0.2) is 15.0 Å². The minimum Gasteiger partial charge on any atom is -0.392 e. The molecule has 0 spiro atoms. The molecule has 1 aliphatic rings. The van der Waals surface area contributed by atoms with Crippen LogP contribution in [0, 0.1) is 17.3 Å². The molecule has 1 aliphatic heterocycles. The molecule has 3 heterocycles. The number of aromatic nitrogens is 3. The van der Waals surface area contributed by atoms with Crippen molar-refractivity contribution in [1.82, 2.24) is 15.0 Å². The molecule has 2 aromatic heterocycles. The summed E-state index contributed by atoms with van der Waals surface area (Å²) >= 11 is 0. The monoisotopic (exact) mass is 370 g/mol. The minimum absolute atomic E-state index is 0.149. The van der Waals surface area contributed by atoms with Crippen molar-refractivity contribution in [1.29, 1.82) is 0 Å². The van der Waals surface area contributed by atoms with Gasteiger partial charge in [-0.1, -0.05) is 27.7 Å². The summed E-state index contributed by atoms with van der Waals surface area (Å²) in [6, 6.07) is 1.98. The van der Waals surface area contributed by atoms with Crippen LogP contribution in [0.3, 0.4) is 0 Å². The van der Waals surface area contributed by atoms with Gasteiger partial charge in [0.1, 0.15) is 11.3 Å². The Morgan fingerprint density at radius 3 is 2.67 bits per heavy atom. The molecular formula is C21H30N4O2. The van der Waals surface area contributed by atoms with Gasteiger partial charge in [0.15, 0.2) is 5.65 Å². The Balaban J connectivity index is 1.72. The SMILES string of the molecule is C[C@H]1C[C@@H](CC(=O)CC(O)C(C)(C)C)CN(c2ccnc3nccnc23)C1. The first-order valence-electron chi connectivity index (χ1n) is 9.74. The number of carbonyl (C=O) groups is 1. The normalized spacial score (nSPS) is 22.0. The summed E-state index contributed by atoms with van der Waals surface area (Å²) in [5.74, 6) is 0.924. The van der Waals surface area contributed by atoms with E-state index in [1.165, 1.54) is 0 Å². The highest BCUT2D eigenvalue weighted by atomic mass is 16.3. The second-order valence-corrected chi connectivity index (χ2v) is 9.00. The number of Topliss-reactive ketones (excluding diaryl/α,β-unsaturated/α-hetero) is 1. The number of ketones is 1. The van der Waals surface area contributed by atoms with Crippen LogP contribution in [0.15, 0.2) is 24.7 Å². The molecule has 0 bridgehead atoms. The van der Waals surface area contributed by atoms with Gasteiger partial charge in [-0.3, -0.25) is 4.79 Å². The van der Waals surface area contributed by atoms with Crippen LogP contribution in [0.5, 0.6) is 0 Å². The van der Waals surface area contributed by atoms with Crippen LogP contribution in [-0.2, 0) is 4.79 Å². The average Bonchev–Trinajstić information content (AvgIpc) is 2.59. The van der Waals surface area contributed by atoms with Crippen LogP contribution in [0.25, 0.3) is 11.2 Å². The van der Waals surface area contributed by atoms with Crippen molar-refractivity contribution in [3.05, 3.63) is 24.7 Å². The van der Waals surface area contributed by atoms with Gasteiger partial charge in [-0.2, -0.15) is 0 Å². The van der Waals surface area contributed by atoms with Gasteiger partial charge in [0, 0.05) is 44.5 Å². The molecule has 6 heteroatoms. The van der Waals surface area contributed by atoms with Crippen molar-refractivity contribution in [2.45, 2.75) is 53.1 Å². The molecule has 146 valence electrons. The summed E-state index contributed by atoms with van der Waals surface area (Å²) in [6.45, 7) is 9.87. The van der Waals surface area contributed by atoms with Gasteiger partial charge in [0.25, 0.3) is 0 Å². The van der Waals surface area contributed by atoms with E-state index in [-0.39, 0.29) is 23.5 Å². The predicted molar refractivity (Wildman–Crippen MR) is 107 cm³/mol. The fourth-order valence-corrected chi connectivity index (χ4v) is 3.87. The van der Waals surface area contributed by atoms with Crippen molar-refractivity contribution in [2.75, 3.05) is 18.0 Å². The Morgan fingerprint density at radius 1 is 1.22 bits per heavy atom. The maximum Gasteiger partial charge on any atom is 0.180 e. The number of nitrogens with zero attached hydrogens (tertiary/aromatic N) is 4. The number of aliphatic hydroxyl groups excluding tert-OH is 1. The zero-order chi connectivity index (χ0) is 19.6. The molecule has 3 atom stereocenters. The fourth-order valence-electron chi connectivity index (χ4n) is 3.87. The lowest BCUT2D eigenvalue weighted by atomic mass is 9.82. The first-order chi connectivity index (χ1) is 12.7. The van der Waals surface area contributed by atoms with E-state index in [0.29, 0.717) is 18.0 Å². The lowest BCUT2D eigenvalue weighted by Crippen LogP contribution is -2.41. The summed E-state index contributed by atoms with van der Waals surface area (Å²) in [6.07, 6.45) is 6.30. The Morgan fingerprint density at radius 2 is 1.93 bits per heavy atom. The van der Waals surface area contributed by atoms with Crippen molar-refractivity contribution in [2.24, 2.45) is 17.3 Å². The van der Waals surface area contributed by atoms with E-state index >= 15 is 0 Å². The van der Waals surface area contributed by atoms with Crippen molar-refractivity contribution < 1.29 is 9.90 Å². The highest BCUT2D eigenvalue weighted by Crippen LogP contribution is 2.32. The third-order valence-corrected chi connectivity index (χ3v) is 5.37. The predicted octanol–water partition coefficient (Wildman–Crippen LogP) is 3.24. The van der Waals surface area contributed by atoms with Crippen molar-refractivity contribution in [3.63, 3.8) is 0 Å². The lowest BCUT2D eigenvalue weighted by Gasteiger charge is -2.38. The van der Waals surface area contributed by atoms with Gasteiger partial charge < -0.3 is 10.0 Å². The van der Waals surface area contributed by atoms with Crippen LogP contribution < -0.4 is 4.90 Å². The van der Waals surface area contributed by atoms with Gasteiger partial charge in [-0.15, -0.1) is 0 Å². The number of pyridine rings is 1. The molecule has 1 N–H and O–H groups in total. The van der Waals surface area contributed by atoms with E-state index in [9.17, 15) is 9.90 Å². The maximum atomic E-state index is 12.5. The number of hydrogen-bond donors (Lipinski definition) is 1. The zero-order valence-corrected chi connectivity index (χ0v) is 16.7. The molecule has 1 saturated heterocycles. The third kappa shape index (κ3) is 4.80. The molecule has 0 aliphatic carbocycles. The Labute approximate surface area is 161 Å². The molecule has 6 nitrogen and oxygen atoms in total. The standard InChI is InChI=1S/C21H30N4O2/c1-14-9-15(10-16(26)11-18(27)21(2,3)4)13-25(12-14)17-5-6-23-20-19(17)22-7-8-24-20/h5-8,14-15,18,27H,9-13H2,1-4H3/t14-,15-,18?/m0/s1. The Kier molecular flexibility index (Phi) is 5.75. The summed E-state index contributed by atoms with van der Waals surface area (Å²) in [5, 5.41) is 10.2. The molecule has 0 saturated carbocycles. The molecule has 0 amide bonds. The smallest absolute Gasteiger partial charge is 0.180 e. The number of anilines is 1. The Bertz CT molecular complexity index is 797. The summed E-state index contributed by atoms with van der Waals surface area (Å²) in [7, 11) is 0. The van der Waals surface area contributed by atoms with Gasteiger partial charge >= 0.3 is 0 Å². The summed E-state index contributed by atoms with van der Waals surface area (Å²) < 4.78 is 0. The highest BCUT2D eigenvalue weighted by Gasteiger charge is 2.30. The molecule has 0 radical (unpaired) electrons. The van der Waals surface area contributed by atoms with Gasteiger partial charge in [0.05, 0.1) is 11.8 Å². The average molecular weight is 370 g/mol. The van der Waals surface area contributed by atoms with E-state index < -0.39 is 6.10 Å². The van der Waals surface area contributed by atoms with Gasteiger partial charge in [-0.05, 0) is 29.7 Å². The molecule has 1 unspecified atom stereocenters. The molecule has 27 heavy (non-hydrogen) atoms. The minimum atomic E-state index is -0.596. The zero-order valence-electron chi connectivity index (χ0n) is 16.7. The molecule has 0 aromatic carbocycles. The molecule has 1 fully saturated rings. The number of aliphatic hydroxyl groups is 1. The van der Waals surface area contributed by atoms with E-state index in [2.05, 4.69) is 26.8 Å². The van der Waals surface area contributed by atoms with E-state index in [1.54, 1.807) is 18.6 Å². The maximum absolute atomic E-state index is 12.5. The van der Waals surface area contributed by atoms with Crippen LogP contribution in [0.4, 0.5) is 5.69 Å². The van der Waals surface area contributed by atoms with Crippen LogP contribution in [0.1, 0.15) is 47.0 Å². The summed E-state index contributed by atoms with van der Waals surface area (Å²) in [5.41, 5.74) is 2.22. The van der Waals surface area contributed by atoms with Crippen LogP contribution in [0.2, 0.25) is 0 Å². The molecular weight excluding hydrogens is 340 g/mol. The number of carbonyl (C=O) groups excluding carboxylic acids is 1. The van der Waals surface area contributed by atoms with Crippen molar-refractivity contribution in [3.8, 4) is 0 Å². The van der Waals surface area contributed by atoms with Crippen LogP contribution in [-0.4, -0.2) is 45.0 Å². The molecule has 3 rings (SSSR count). The highest BCUT2D eigenvalue weighted by molar-refractivity contribution is 5.85. The third-order valence-electron chi connectivity index (χ3n) is 5.37. The number of rotatable bonds is 5. The second kappa shape index (κ2) is 7.89. The first-order valence-corrected chi connectivity index (χ1v) is 9.74. The second-order valence-electron chi connectivity index (χ2n) is 9.00. The number of hydrogen-bond acceptors (Lipinski definition) is 6. The Hall–Kier alpha value is -2.08. The topological polar surface area (TPSA) is 79.2 Å². The largest absolute Gasteiger partial charge is 0.392 e. The number of fused-ring (bicyclic) bond motifs is 1. The van der Waals surface area contributed by atoms with Gasteiger partial charge in [0.2, 0.25) is 0 Å². The fraction of sp³-hybridized carbons (Fsp3) is 0.619. The van der Waals surface area contributed by atoms with Crippen molar-refractivity contribution >= 4 is 22.6 Å². The van der Waals surface area contributed by atoms with E-state index in [0.717, 1.165) is 30.7 Å². The summed E-state index contributed by atoms with van der Waals surface area (Å²) in [4.78, 5) is 27.9. The first kappa shape index (κ1) is 19.7.